The van der Waals surface area contributed by atoms with Gasteiger partial charge in [-0.2, -0.15) is 5.10 Å². The molecule has 0 aliphatic heterocycles. The first-order valence-electron chi connectivity index (χ1n) is 9.45. The number of ether oxygens (including phenoxy) is 2. The zero-order valence-corrected chi connectivity index (χ0v) is 15.9. The van der Waals surface area contributed by atoms with Crippen LogP contribution in [0.1, 0.15) is 48.0 Å². The number of benzene rings is 2. The second-order valence-electron chi connectivity index (χ2n) is 6.76. The molecule has 0 bridgehead atoms. The minimum Gasteiger partial charge on any atom is -0.497 e. The van der Waals surface area contributed by atoms with E-state index in [1.807, 2.05) is 6.07 Å². The first kappa shape index (κ1) is 19.6. The lowest BCUT2D eigenvalue weighted by Gasteiger charge is -2.19. The molecule has 2 aromatic carbocycles. The number of hydrogen-bond donors (Lipinski definition) is 1. The summed E-state index contributed by atoms with van der Waals surface area (Å²) in [6.07, 6.45) is 6.81. The molecule has 0 aromatic heterocycles. The molecule has 0 unspecified atom stereocenters. The summed E-state index contributed by atoms with van der Waals surface area (Å²) in [7, 11) is 1.57. The fourth-order valence-electron chi connectivity index (χ4n) is 3.18. The minimum absolute atomic E-state index is 0.0296. The van der Waals surface area contributed by atoms with Crippen LogP contribution in [0.25, 0.3) is 0 Å². The molecular weight excluding hydrogens is 356 g/mol. The molecule has 1 fully saturated rings. The number of carbonyl (C=O) groups is 2. The molecule has 0 radical (unpaired) electrons. The molecule has 1 N–H and O–H groups in total. The van der Waals surface area contributed by atoms with E-state index < -0.39 is 5.97 Å². The molecular formula is C22H24N2O4. The van der Waals surface area contributed by atoms with Crippen molar-refractivity contribution < 1.29 is 19.1 Å². The fraction of sp³-hybridized carbons (Fsp3) is 0.318. The Hall–Kier alpha value is -3.15. The number of esters is 1. The molecule has 1 aliphatic rings. The smallest absolute Gasteiger partial charge is 0.343 e. The summed E-state index contributed by atoms with van der Waals surface area (Å²) in [6.45, 7) is 0. The maximum atomic E-state index is 12.2. The number of nitrogens with one attached hydrogen (secondary N) is 1. The lowest BCUT2D eigenvalue weighted by molar-refractivity contribution is -0.125. The van der Waals surface area contributed by atoms with Gasteiger partial charge in [-0.1, -0.05) is 31.4 Å². The van der Waals surface area contributed by atoms with Gasteiger partial charge in [0.15, 0.2) is 0 Å². The van der Waals surface area contributed by atoms with Gasteiger partial charge in [-0.3, -0.25) is 4.79 Å². The topological polar surface area (TPSA) is 77.0 Å². The predicted octanol–water partition coefficient (Wildman–Crippen LogP) is 3.94. The Morgan fingerprint density at radius 2 is 1.79 bits per heavy atom. The number of nitrogens with zero attached hydrogens (tertiary/aromatic N) is 1. The maximum absolute atomic E-state index is 12.2. The fourth-order valence-corrected chi connectivity index (χ4v) is 3.18. The predicted molar refractivity (Wildman–Crippen MR) is 107 cm³/mol. The van der Waals surface area contributed by atoms with Crippen LogP contribution in [0.3, 0.4) is 0 Å². The number of amides is 1. The number of carbonyl (C=O) groups excluding carboxylic acids is 2. The van der Waals surface area contributed by atoms with Crippen LogP contribution in [-0.4, -0.2) is 25.2 Å². The van der Waals surface area contributed by atoms with Gasteiger partial charge < -0.3 is 9.47 Å². The lowest BCUT2D eigenvalue weighted by Crippen LogP contribution is -2.28. The van der Waals surface area contributed by atoms with Crippen molar-refractivity contribution >= 4 is 18.1 Å². The first-order chi connectivity index (χ1) is 13.7. The standard InChI is InChI=1S/C22H24N2O4/c1-27-19-12-10-18(11-13-19)22(26)28-20-9-5-6-16(14-20)15-23-24-21(25)17-7-3-2-4-8-17/h5-6,9-15,17H,2-4,7-8H2,1H3,(H,24,25)/b23-15+. The van der Waals surface area contributed by atoms with E-state index in [4.69, 9.17) is 9.47 Å². The number of rotatable bonds is 6. The second kappa shape index (κ2) is 9.69. The van der Waals surface area contributed by atoms with Crippen molar-refractivity contribution in [3.8, 4) is 11.5 Å². The summed E-state index contributed by atoms with van der Waals surface area (Å²) in [6, 6.07) is 13.7. The van der Waals surface area contributed by atoms with E-state index in [0.29, 0.717) is 17.1 Å². The molecule has 0 heterocycles. The summed E-state index contributed by atoms with van der Waals surface area (Å²) in [5.41, 5.74) is 3.76. The van der Waals surface area contributed by atoms with Crippen LogP contribution in [-0.2, 0) is 4.79 Å². The van der Waals surface area contributed by atoms with Gasteiger partial charge in [0.1, 0.15) is 11.5 Å². The van der Waals surface area contributed by atoms with Gasteiger partial charge in [-0.15, -0.1) is 0 Å². The van der Waals surface area contributed by atoms with E-state index >= 15 is 0 Å². The monoisotopic (exact) mass is 380 g/mol. The number of methoxy groups -OCH3 is 1. The van der Waals surface area contributed by atoms with Crippen LogP contribution in [0.15, 0.2) is 53.6 Å². The van der Waals surface area contributed by atoms with Crippen LogP contribution in [0, 0.1) is 5.92 Å². The summed E-state index contributed by atoms with van der Waals surface area (Å²) in [4.78, 5) is 24.3. The Labute approximate surface area is 164 Å². The zero-order valence-electron chi connectivity index (χ0n) is 15.9. The van der Waals surface area contributed by atoms with Crippen molar-refractivity contribution in [2.45, 2.75) is 32.1 Å². The van der Waals surface area contributed by atoms with Crippen LogP contribution < -0.4 is 14.9 Å². The van der Waals surface area contributed by atoms with Gasteiger partial charge in [-0.25, -0.2) is 10.2 Å². The highest BCUT2D eigenvalue weighted by Gasteiger charge is 2.20. The summed E-state index contributed by atoms with van der Waals surface area (Å²) in [5.74, 6) is 0.650. The van der Waals surface area contributed by atoms with Gasteiger partial charge in [0, 0.05) is 5.92 Å². The average Bonchev–Trinajstić information content (AvgIpc) is 2.74. The van der Waals surface area contributed by atoms with Gasteiger partial charge in [-0.05, 0) is 54.8 Å². The largest absolute Gasteiger partial charge is 0.497 e. The Morgan fingerprint density at radius 1 is 1.04 bits per heavy atom. The van der Waals surface area contributed by atoms with E-state index in [-0.39, 0.29) is 11.8 Å². The molecule has 146 valence electrons. The summed E-state index contributed by atoms with van der Waals surface area (Å²) in [5, 5.41) is 4.04. The van der Waals surface area contributed by atoms with E-state index in [0.717, 1.165) is 31.2 Å². The minimum atomic E-state index is -0.456. The molecule has 1 saturated carbocycles. The molecule has 0 atom stereocenters. The normalized spacial score (nSPS) is 14.6. The van der Waals surface area contributed by atoms with Crippen molar-refractivity contribution in [3.63, 3.8) is 0 Å². The van der Waals surface area contributed by atoms with Crippen LogP contribution >= 0.6 is 0 Å². The van der Waals surface area contributed by atoms with Crippen molar-refractivity contribution in [3.05, 3.63) is 59.7 Å². The van der Waals surface area contributed by atoms with E-state index in [2.05, 4.69) is 10.5 Å². The van der Waals surface area contributed by atoms with Crippen LogP contribution in [0.2, 0.25) is 0 Å². The van der Waals surface area contributed by atoms with Gasteiger partial charge in [0.2, 0.25) is 5.91 Å². The third kappa shape index (κ3) is 5.42. The molecule has 6 nitrogen and oxygen atoms in total. The Morgan fingerprint density at radius 3 is 2.50 bits per heavy atom. The first-order valence-corrected chi connectivity index (χ1v) is 9.45. The third-order valence-electron chi connectivity index (χ3n) is 4.76. The third-order valence-corrected chi connectivity index (χ3v) is 4.76. The average molecular weight is 380 g/mol. The molecule has 3 rings (SSSR count). The Bertz CT molecular complexity index is 840. The highest BCUT2D eigenvalue weighted by Crippen LogP contribution is 2.23. The van der Waals surface area contributed by atoms with E-state index in [9.17, 15) is 9.59 Å². The molecule has 28 heavy (non-hydrogen) atoms. The molecule has 2 aromatic rings. The van der Waals surface area contributed by atoms with Crippen molar-refractivity contribution in [1.82, 2.24) is 5.43 Å². The molecule has 0 spiro atoms. The summed E-state index contributed by atoms with van der Waals surface area (Å²) >= 11 is 0. The number of hydrogen-bond acceptors (Lipinski definition) is 5. The van der Waals surface area contributed by atoms with Gasteiger partial charge in [0.05, 0.1) is 18.9 Å². The van der Waals surface area contributed by atoms with Crippen LogP contribution in [0.5, 0.6) is 11.5 Å². The molecule has 0 saturated heterocycles. The highest BCUT2D eigenvalue weighted by atomic mass is 16.5. The molecule has 1 amide bonds. The number of hydrazone groups is 1. The van der Waals surface area contributed by atoms with Gasteiger partial charge in [0.25, 0.3) is 0 Å². The Balaban J connectivity index is 1.56. The highest BCUT2D eigenvalue weighted by molar-refractivity contribution is 5.91. The second-order valence-corrected chi connectivity index (χ2v) is 6.76. The Kier molecular flexibility index (Phi) is 6.78. The van der Waals surface area contributed by atoms with Crippen LogP contribution in [0.4, 0.5) is 0 Å². The quantitative estimate of drug-likeness (QED) is 0.356. The summed E-state index contributed by atoms with van der Waals surface area (Å²) < 4.78 is 10.5. The zero-order chi connectivity index (χ0) is 19.8. The van der Waals surface area contributed by atoms with Gasteiger partial charge >= 0.3 is 5.97 Å². The molecule has 1 aliphatic carbocycles. The van der Waals surface area contributed by atoms with Crippen molar-refractivity contribution in [1.29, 1.82) is 0 Å². The SMILES string of the molecule is COc1ccc(C(=O)Oc2cccc(/C=N/NC(=O)C3CCCCC3)c2)cc1. The van der Waals surface area contributed by atoms with E-state index in [1.165, 1.54) is 6.42 Å². The van der Waals surface area contributed by atoms with Crippen molar-refractivity contribution in [2.24, 2.45) is 11.0 Å². The lowest BCUT2D eigenvalue weighted by atomic mass is 9.89. The molecule has 6 heteroatoms. The maximum Gasteiger partial charge on any atom is 0.343 e. The van der Waals surface area contributed by atoms with E-state index in [1.54, 1.807) is 55.8 Å². The van der Waals surface area contributed by atoms with Crippen molar-refractivity contribution in [2.75, 3.05) is 7.11 Å².